The minimum Gasteiger partial charge on any atom is -0.455 e. The molecule has 28 heavy (non-hydrogen) atoms. The molecule has 3 aromatic carbocycles. The lowest BCUT2D eigenvalue weighted by Crippen LogP contribution is -2.16. The van der Waals surface area contributed by atoms with Crippen LogP contribution in [-0.4, -0.2) is 8.42 Å². The van der Waals surface area contributed by atoms with Gasteiger partial charge < -0.3 is 4.74 Å². The molecule has 0 aliphatic rings. The second kappa shape index (κ2) is 7.73. The van der Waals surface area contributed by atoms with E-state index in [1.807, 2.05) is 13.0 Å². The van der Waals surface area contributed by atoms with Crippen molar-refractivity contribution in [1.29, 1.82) is 0 Å². The first kappa shape index (κ1) is 20.0. The molecular formula is C19H13ClF3NO3S. The molecule has 4 nitrogen and oxygen atoms in total. The number of anilines is 1. The van der Waals surface area contributed by atoms with Gasteiger partial charge in [-0.3, -0.25) is 4.72 Å². The normalized spacial score (nSPS) is 11.3. The van der Waals surface area contributed by atoms with Gasteiger partial charge in [0.1, 0.15) is 10.6 Å². The Hall–Kier alpha value is -2.71. The predicted octanol–water partition coefficient (Wildman–Crippen LogP) is 5.66. The van der Waals surface area contributed by atoms with Gasteiger partial charge in [0.25, 0.3) is 10.0 Å². The fourth-order valence-electron chi connectivity index (χ4n) is 2.39. The van der Waals surface area contributed by atoms with Crippen molar-refractivity contribution in [3.8, 4) is 11.5 Å². The maximum Gasteiger partial charge on any atom is 0.265 e. The van der Waals surface area contributed by atoms with E-state index in [2.05, 4.69) is 4.72 Å². The maximum atomic E-state index is 13.9. The van der Waals surface area contributed by atoms with E-state index in [-0.39, 0.29) is 16.5 Å². The summed E-state index contributed by atoms with van der Waals surface area (Å²) in [5.74, 6) is -4.69. The van der Waals surface area contributed by atoms with E-state index in [0.29, 0.717) is 17.9 Å². The SMILES string of the molecule is Cc1cccc(Oc2ccc(Cl)cc2NS(=O)(=O)c2ccc(F)c(F)c2F)c1. The first-order valence-corrected chi connectivity index (χ1v) is 9.74. The van der Waals surface area contributed by atoms with Crippen LogP contribution in [-0.2, 0) is 10.0 Å². The van der Waals surface area contributed by atoms with E-state index in [9.17, 15) is 21.6 Å². The van der Waals surface area contributed by atoms with Crippen molar-refractivity contribution in [3.05, 3.63) is 82.6 Å². The van der Waals surface area contributed by atoms with Crippen LogP contribution in [0.25, 0.3) is 0 Å². The van der Waals surface area contributed by atoms with Crippen molar-refractivity contribution >= 4 is 27.3 Å². The second-order valence-corrected chi connectivity index (χ2v) is 7.93. The van der Waals surface area contributed by atoms with Gasteiger partial charge >= 0.3 is 0 Å². The maximum absolute atomic E-state index is 13.9. The number of hydrogen-bond donors (Lipinski definition) is 1. The van der Waals surface area contributed by atoms with Crippen molar-refractivity contribution in [2.75, 3.05) is 4.72 Å². The number of aryl methyl sites for hydroxylation is 1. The van der Waals surface area contributed by atoms with E-state index >= 15 is 0 Å². The molecule has 0 heterocycles. The number of benzene rings is 3. The Morgan fingerprint density at radius 2 is 1.71 bits per heavy atom. The number of halogens is 4. The standard InChI is InChI=1S/C19H13ClF3NO3S/c1-11-3-2-4-13(9-11)27-16-7-5-12(20)10-15(16)24-28(25,26)17-8-6-14(21)18(22)19(17)23/h2-10,24H,1H3. The molecule has 0 radical (unpaired) electrons. The summed E-state index contributed by atoms with van der Waals surface area (Å²) in [7, 11) is -4.59. The Kier molecular flexibility index (Phi) is 5.53. The molecule has 0 atom stereocenters. The van der Waals surface area contributed by atoms with Gasteiger partial charge in [-0.15, -0.1) is 0 Å². The zero-order chi connectivity index (χ0) is 20.5. The molecule has 0 aliphatic heterocycles. The van der Waals surface area contributed by atoms with Gasteiger partial charge in [0, 0.05) is 5.02 Å². The molecule has 146 valence electrons. The van der Waals surface area contributed by atoms with Crippen molar-refractivity contribution in [3.63, 3.8) is 0 Å². The summed E-state index contributed by atoms with van der Waals surface area (Å²) in [5.41, 5.74) is 0.815. The highest BCUT2D eigenvalue weighted by molar-refractivity contribution is 7.92. The molecule has 9 heteroatoms. The largest absolute Gasteiger partial charge is 0.455 e. The Morgan fingerprint density at radius 3 is 2.43 bits per heavy atom. The van der Waals surface area contributed by atoms with Gasteiger partial charge in [-0.2, -0.15) is 0 Å². The minimum atomic E-state index is -4.59. The van der Waals surface area contributed by atoms with Gasteiger partial charge in [0.15, 0.2) is 23.2 Å². The third kappa shape index (κ3) is 4.23. The fourth-order valence-corrected chi connectivity index (χ4v) is 3.70. The lowest BCUT2D eigenvalue weighted by Gasteiger charge is -2.15. The zero-order valence-electron chi connectivity index (χ0n) is 14.3. The van der Waals surface area contributed by atoms with Gasteiger partial charge in [-0.1, -0.05) is 23.7 Å². The van der Waals surface area contributed by atoms with E-state index < -0.39 is 32.4 Å². The van der Waals surface area contributed by atoms with E-state index in [1.165, 1.54) is 18.2 Å². The summed E-state index contributed by atoms with van der Waals surface area (Å²) >= 11 is 5.92. The van der Waals surface area contributed by atoms with Crippen molar-refractivity contribution in [2.24, 2.45) is 0 Å². The number of sulfonamides is 1. The summed E-state index contributed by atoms with van der Waals surface area (Å²) in [6.07, 6.45) is 0. The van der Waals surface area contributed by atoms with E-state index in [4.69, 9.17) is 16.3 Å². The van der Waals surface area contributed by atoms with Crippen LogP contribution in [0, 0.1) is 24.4 Å². The van der Waals surface area contributed by atoms with Crippen LogP contribution in [0.3, 0.4) is 0 Å². The highest BCUT2D eigenvalue weighted by atomic mass is 35.5. The molecule has 0 amide bonds. The fraction of sp³-hybridized carbons (Fsp3) is 0.0526. The molecule has 0 unspecified atom stereocenters. The van der Waals surface area contributed by atoms with Crippen LogP contribution in [0.1, 0.15) is 5.56 Å². The van der Waals surface area contributed by atoms with Gasteiger partial charge in [0.2, 0.25) is 0 Å². The van der Waals surface area contributed by atoms with E-state index in [0.717, 1.165) is 5.56 Å². The van der Waals surface area contributed by atoms with Crippen LogP contribution in [0.5, 0.6) is 11.5 Å². The van der Waals surface area contributed by atoms with E-state index in [1.54, 1.807) is 18.2 Å². The summed E-state index contributed by atoms with van der Waals surface area (Å²) in [6.45, 7) is 1.85. The number of nitrogens with one attached hydrogen (secondary N) is 1. The molecule has 1 N–H and O–H groups in total. The predicted molar refractivity (Wildman–Crippen MR) is 99.8 cm³/mol. The third-order valence-electron chi connectivity index (χ3n) is 3.69. The van der Waals surface area contributed by atoms with Crippen molar-refractivity contribution in [1.82, 2.24) is 0 Å². The average Bonchev–Trinajstić information content (AvgIpc) is 2.61. The first-order chi connectivity index (χ1) is 13.2. The molecule has 0 bridgehead atoms. The van der Waals surface area contributed by atoms with Crippen LogP contribution >= 0.6 is 11.6 Å². The Labute approximate surface area is 164 Å². The van der Waals surface area contributed by atoms with Crippen molar-refractivity contribution in [2.45, 2.75) is 11.8 Å². The molecule has 0 aromatic heterocycles. The van der Waals surface area contributed by atoms with Crippen LogP contribution in [0.4, 0.5) is 18.9 Å². The van der Waals surface area contributed by atoms with Gasteiger partial charge in [0.05, 0.1) is 5.69 Å². The summed E-state index contributed by atoms with van der Waals surface area (Å²) in [5, 5.41) is 0.181. The van der Waals surface area contributed by atoms with Crippen LogP contribution < -0.4 is 9.46 Å². The highest BCUT2D eigenvalue weighted by Crippen LogP contribution is 2.34. The summed E-state index contributed by atoms with van der Waals surface area (Å²) in [4.78, 5) is -1.05. The van der Waals surface area contributed by atoms with Gasteiger partial charge in [-0.05, 0) is 55.0 Å². The quantitative estimate of drug-likeness (QED) is 0.534. The lowest BCUT2D eigenvalue weighted by molar-refractivity contribution is 0.432. The molecule has 0 spiro atoms. The molecule has 3 rings (SSSR count). The molecular weight excluding hydrogens is 415 g/mol. The van der Waals surface area contributed by atoms with Crippen LogP contribution in [0.2, 0.25) is 5.02 Å². The molecule has 0 saturated carbocycles. The molecule has 0 saturated heterocycles. The third-order valence-corrected chi connectivity index (χ3v) is 5.31. The Balaban J connectivity index is 2.00. The monoisotopic (exact) mass is 427 g/mol. The number of rotatable bonds is 5. The highest BCUT2D eigenvalue weighted by Gasteiger charge is 2.25. The Morgan fingerprint density at radius 1 is 0.964 bits per heavy atom. The zero-order valence-corrected chi connectivity index (χ0v) is 15.9. The molecule has 0 fully saturated rings. The smallest absolute Gasteiger partial charge is 0.265 e. The second-order valence-electron chi connectivity index (χ2n) is 5.84. The number of ether oxygens (including phenoxy) is 1. The Bertz CT molecular complexity index is 1150. The number of hydrogen-bond acceptors (Lipinski definition) is 3. The average molecular weight is 428 g/mol. The molecule has 3 aromatic rings. The minimum absolute atomic E-state index is 0.0848. The van der Waals surface area contributed by atoms with Gasteiger partial charge in [-0.25, -0.2) is 21.6 Å². The summed E-state index contributed by atoms with van der Waals surface area (Å²) in [6, 6.07) is 12.3. The lowest BCUT2D eigenvalue weighted by atomic mass is 10.2. The topological polar surface area (TPSA) is 55.4 Å². The summed E-state index contributed by atoms with van der Waals surface area (Å²) < 4.78 is 73.3. The molecule has 0 aliphatic carbocycles. The first-order valence-electron chi connectivity index (χ1n) is 7.88. The van der Waals surface area contributed by atoms with Crippen molar-refractivity contribution < 1.29 is 26.3 Å². The van der Waals surface area contributed by atoms with Crippen LogP contribution in [0.15, 0.2) is 59.5 Å².